The Kier molecular flexibility index (Phi) is 4.81. The van der Waals surface area contributed by atoms with Crippen molar-refractivity contribution in [1.82, 2.24) is 9.88 Å². The summed E-state index contributed by atoms with van der Waals surface area (Å²) in [5.74, 6) is -1.06. The lowest BCUT2D eigenvalue weighted by molar-refractivity contribution is -0.149. The standard InChI is InChI=1S/C17H23N3O4S/c1-10(2)14(22)19-16-18-12(8-25-16)6-13(21)20-7-11-4-3-5-17(11,9-20)15(23)24/h8,10-11H,3-7,9H2,1-2H3,(H,23,24)(H,18,19,22)/t11-,17+/m0/s1. The number of anilines is 1. The Hall–Kier alpha value is -1.96. The van der Waals surface area contributed by atoms with Crippen molar-refractivity contribution in [2.75, 3.05) is 18.4 Å². The van der Waals surface area contributed by atoms with E-state index < -0.39 is 11.4 Å². The second-order valence-electron chi connectivity index (χ2n) is 7.29. The molecule has 7 nitrogen and oxygen atoms in total. The molecule has 0 radical (unpaired) electrons. The summed E-state index contributed by atoms with van der Waals surface area (Å²) in [5, 5.41) is 14.6. The Labute approximate surface area is 150 Å². The van der Waals surface area contributed by atoms with Crippen molar-refractivity contribution >= 4 is 34.3 Å². The summed E-state index contributed by atoms with van der Waals surface area (Å²) in [5.41, 5.74) is -0.149. The predicted molar refractivity (Wildman–Crippen MR) is 93.3 cm³/mol. The van der Waals surface area contributed by atoms with Crippen molar-refractivity contribution in [2.45, 2.75) is 39.5 Å². The van der Waals surface area contributed by atoms with Gasteiger partial charge in [0.15, 0.2) is 5.13 Å². The first-order valence-corrected chi connectivity index (χ1v) is 9.46. The molecule has 136 valence electrons. The van der Waals surface area contributed by atoms with Crippen molar-refractivity contribution in [2.24, 2.45) is 17.3 Å². The Balaban J connectivity index is 1.61. The van der Waals surface area contributed by atoms with Crippen LogP contribution in [0.5, 0.6) is 0 Å². The van der Waals surface area contributed by atoms with Gasteiger partial charge in [-0.05, 0) is 18.8 Å². The van der Waals surface area contributed by atoms with E-state index in [1.54, 1.807) is 24.1 Å². The number of aromatic nitrogens is 1. The summed E-state index contributed by atoms with van der Waals surface area (Å²) >= 11 is 1.29. The molecular weight excluding hydrogens is 342 g/mol. The zero-order valence-electron chi connectivity index (χ0n) is 14.4. The number of aliphatic carboxylic acids is 1. The molecule has 1 saturated carbocycles. The quantitative estimate of drug-likeness (QED) is 0.831. The second-order valence-corrected chi connectivity index (χ2v) is 8.15. The fourth-order valence-electron chi connectivity index (χ4n) is 3.79. The highest BCUT2D eigenvalue weighted by Gasteiger charge is 2.55. The molecule has 0 aromatic carbocycles. The third-order valence-electron chi connectivity index (χ3n) is 5.29. The van der Waals surface area contributed by atoms with Crippen LogP contribution in [-0.4, -0.2) is 45.9 Å². The highest BCUT2D eigenvalue weighted by Crippen LogP contribution is 2.48. The van der Waals surface area contributed by atoms with E-state index in [9.17, 15) is 19.5 Å². The topological polar surface area (TPSA) is 99.6 Å². The number of amides is 2. The van der Waals surface area contributed by atoms with E-state index in [0.29, 0.717) is 30.3 Å². The minimum absolute atomic E-state index is 0.0604. The lowest BCUT2D eigenvalue weighted by atomic mass is 9.81. The Morgan fingerprint density at radius 2 is 2.24 bits per heavy atom. The lowest BCUT2D eigenvalue weighted by Crippen LogP contribution is -2.37. The normalized spacial score (nSPS) is 25.2. The van der Waals surface area contributed by atoms with Crippen LogP contribution >= 0.6 is 11.3 Å². The first-order chi connectivity index (χ1) is 11.8. The van der Waals surface area contributed by atoms with Gasteiger partial charge in [-0.1, -0.05) is 20.3 Å². The molecule has 25 heavy (non-hydrogen) atoms. The second kappa shape index (κ2) is 6.74. The number of hydrogen-bond acceptors (Lipinski definition) is 5. The molecule has 2 heterocycles. The maximum atomic E-state index is 12.6. The van der Waals surface area contributed by atoms with Crippen molar-refractivity contribution in [3.05, 3.63) is 11.1 Å². The largest absolute Gasteiger partial charge is 0.481 e. The maximum absolute atomic E-state index is 12.6. The van der Waals surface area contributed by atoms with Gasteiger partial charge in [-0.3, -0.25) is 14.4 Å². The van der Waals surface area contributed by atoms with Crippen LogP contribution in [0.1, 0.15) is 38.8 Å². The number of hydrogen-bond donors (Lipinski definition) is 2. The summed E-state index contributed by atoms with van der Waals surface area (Å²) in [7, 11) is 0. The number of carboxylic acid groups (broad SMARTS) is 1. The number of thiazole rings is 1. The van der Waals surface area contributed by atoms with Crippen LogP contribution in [0.15, 0.2) is 5.38 Å². The van der Waals surface area contributed by atoms with Crippen molar-refractivity contribution in [1.29, 1.82) is 0 Å². The van der Waals surface area contributed by atoms with Crippen molar-refractivity contribution in [3.8, 4) is 0 Å². The molecule has 8 heteroatoms. The number of nitrogens with one attached hydrogen (secondary N) is 1. The average Bonchev–Trinajstić information content (AvgIpc) is 3.20. The van der Waals surface area contributed by atoms with Crippen molar-refractivity contribution < 1.29 is 19.5 Å². The zero-order chi connectivity index (χ0) is 18.2. The molecule has 1 aliphatic heterocycles. The smallest absolute Gasteiger partial charge is 0.311 e. The molecule has 2 fully saturated rings. The van der Waals surface area contributed by atoms with Gasteiger partial charge in [-0.2, -0.15) is 0 Å². The van der Waals surface area contributed by atoms with Gasteiger partial charge in [0.05, 0.1) is 17.5 Å². The number of nitrogens with zero attached hydrogens (tertiary/aromatic N) is 2. The van der Waals surface area contributed by atoms with Crippen LogP contribution in [-0.2, 0) is 20.8 Å². The van der Waals surface area contributed by atoms with E-state index in [2.05, 4.69) is 10.3 Å². The summed E-state index contributed by atoms with van der Waals surface area (Å²) in [6.07, 6.45) is 2.58. The van der Waals surface area contributed by atoms with Gasteiger partial charge in [-0.15, -0.1) is 11.3 Å². The Morgan fingerprint density at radius 3 is 2.88 bits per heavy atom. The predicted octanol–water partition coefficient (Wildman–Crippen LogP) is 1.99. The molecule has 3 rings (SSSR count). The van der Waals surface area contributed by atoms with Crippen LogP contribution < -0.4 is 5.32 Å². The molecule has 1 saturated heterocycles. The van der Waals surface area contributed by atoms with Crippen molar-refractivity contribution in [3.63, 3.8) is 0 Å². The fraction of sp³-hybridized carbons (Fsp3) is 0.647. The van der Waals surface area contributed by atoms with E-state index in [1.165, 1.54) is 11.3 Å². The Morgan fingerprint density at radius 1 is 1.48 bits per heavy atom. The molecule has 2 N–H and O–H groups in total. The molecule has 1 aromatic rings. The average molecular weight is 365 g/mol. The number of carbonyl (C=O) groups excluding carboxylic acids is 2. The first kappa shape index (κ1) is 17.8. The van der Waals surface area contributed by atoms with Gasteiger partial charge in [0.2, 0.25) is 11.8 Å². The number of likely N-dealkylation sites (tertiary alicyclic amines) is 1. The van der Waals surface area contributed by atoms with E-state index in [1.807, 2.05) is 0 Å². The van der Waals surface area contributed by atoms with Crippen LogP contribution in [0, 0.1) is 17.3 Å². The summed E-state index contributed by atoms with van der Waals surface area (Å²) in [4.78, 5) is 41.9. The fourth-order valence-corrected chi connectivity index (χ4v) is 4.50. The molecule has 2 atom stereocenters. The Bertz CT molecular complexity index is 702. The highest BCUT2D eigenvalue weighted by molar-refractivity contribution is 7.13. The molecule has 1 aliphatic carbocycles. The number of carboxylic acids is 1. The third kappa shape index (κ3) is 3.40. The number of fused-ring (bicyclic) bond motifs is 1. The van der Waals surface area contributed by atoms with Crippen LogP contribution in [0.3, 0.4) is 0 Å². The molecule has 0 spiro atoms. The number of carbonyl (C=O) groups is 3. The first-order valence-electron chi connectivity index (χ1n) is 8.58. The molecule has 2 amide bonds. The van der Waals surface area contributed by atoms with Gasteiger partial charge in [0.25, 0.3) is 0 Å². The van der Waals surface area contributed by atoms with Crippen LogP contribution in [0.25, 0.3) is 0 Å². The SMILES string of the molecule is CC(C)C(=O)Nc1nc(CC(=O)N2C[C@@H]3CCC[C@@]3(C(=O)O)C2)cs1. The molecule has 2 aliphatic rings. The third-order valence-corrected chi connectivity index (χ3v) is 6.09. The molecule has 0 unspecified atom stereocenters. The van der Waals surface area contributed by atoms with Gasteiger partial charge in [0, 0.05) is 24.4 Å². The summed E-state index contributed by atoms with van der Waals surface area (Å²) in [6.45, 7) is 4.42. The lowest BCUT2D eigenvalue weighted by Gasteiger charge is -2.23. The van der Waals surface area contributed by atoms with E-state index in [4.69, 9.17) is 0 Å². The molecule has 0 bridgehead atoms. The van der Waals surface area contributed by atoms with E-state index >= 15 is 0 Å². The minimum Gasteiger partial charge on any atom is -0.481 e. The minimum atomic E-state index is -0.780. The monoisotopic (exact) mass is 365 g/mol. The van der Waals surface area contributed by atoms with Crippen LogP contribution in [0.2, 0.25) is 0 Å². The zero-order valence-corrected chi connectivity index (χ0v) is 15.3. The molecular formula is C17H23N3O4S. The summed E-state index contributed by atoms with van der Waals surface area (Å²) in [6, 6.07) is 0. The van der Waals surface area contributed by atoms with Gasteiger partial charge in [0.1, 0.15) is 0 Å². The van der Waals surface area contributed by atoms with Gasteiger partial charge < -0.3 is 15.3 Å². The molecule has 1 aromatic heterocycles. The van der Waals surface area contributed by atoms with Gasteiger partial charge >= 0.3 is 5.97 Å². The maximum Gasteiger partial charge on any atom is 0.311 e. The van der Waals surface area contributed by atoms with E-state index in [0.717, 1.165) is 12.8 Å². The summed E-state index contributed by atoms with van der Waals surface area (Å²) < 4.78 is 0. The highest BCUT2D eigenvalue weighted by atomic mass is 32.1. The van der Waals surface area contributed by atoms with Crippen LogP contribution in [0.4, 0.5) is 5.13 Å². The van der Waals surface area contributed by atoms with Gasteiger partial charge in [-0.25, -0.2) is 4.98 Å². The van der Waals surface area contributed by atoms with E-state index in [-0.39, 0.29) is 30.1 Å². The number of rotatable bonds is 5.